The summed E-state index contributed by atoms with van der Waals surface area (Å²) >= 11 is 0. The van der Waals surface area contributed by atoms with Gasteiger partial charge in [-0.25, -0.2) is 0 Å². The highest BCUT2D eigenvalue weighted by atomic mass is 15.3. The Labute approximate surface area is 108 Å². The molecular formula is C15H19N3. The minimum absolute atomic E-state index is 0.581. The van der Waals surface area contributed by atoms with Crippen molar-refractivity contribution in [2.75, 3.05) is 13.1 Å². The fraction of sp³-hybridized carbons (Fsp3) is 0.533. The number of nitriles is 1. The molecule has 2 unspecified atom stereocenters. The maximum absolute atomic E-state index is 9.16. The summed E-state index contributed by atoms with van der Waals surface area (Å²) in [4.78, 5) is 2.59. The van der Waals surface area contributed by atoms with E-state index < -0.39 is 0 Å². The first-order valence-electron chi connectivity index (χ1n) is 6.85. The topological polar surface area (TPSA) is 39.1 Å². The SMILES string of the molecule is N#Cc1ccccc1CC1CCNC2CCCN12. The van der Waals surface area contributed by atoms with Gasteiger partial charge in [-0.15, -0.1) is 0 Å². The van der Waals surface area contributed by atoms with E-state index in [0.29, 0.717) is 12.2 Å². The molecule has 0 radical (unpaired) electrons. The Bertz CT molecular complexity index is 463. The van der Waals surface area contributed by atoms with E-state index in [4.69, 9.17) is 5.26 Å². The molecule has 18 heavy (non-hydrogen) atoms. The van der Waals surface area contributed by atoms with Crippen LogP contribution in [0.5, 0.6) is 0 Å². The van der Waals surface area contributed by atoms with E-state index >= 15 is 0 Å². The zero-order valence-electron chi connectivity index (χ0n) is 10.6. The summed E-state index contributed by atoms with van der Waals surface area (Å²) in [5, 5.41) is 12.7. The van der Waals surface area contributed by atoms with Gasteiger partial charge >= 0.3 is 0 Å². The first kappa shape index (κ1) is 11.7. The van der Waals surface area contributed by atoms with E-state index in [-0.39, 0.29) is 0 Å². The number of benzene rings is 1. The quantitative estimate of drug-likeness (QED) is 0.859. The zero-order chi connectivity index (χ0) is 12.4. The summed E-state index contributed by atoms with van der Waals surface area (Å²) in [6.07, 6.45) is 5.36. The van der Waals surface area contributed by atoms with E-state index in [2.05, 4.69) is 22.4 Å². The van der Waals surface area contributed by atoms with Crippen LogP contribution in [0.25, 0.3) is 0 Å². The second-order valence-electron chi connectivity index (χ2n) is 5.27. The molecule has 2 fully saturated rings. The molecule has 0 spiro atoms. The normalized spacial score (nSPS) is 27.7. The van der Waals surface area contributed by atoms with Crippen LogP contribution in [0.15, 0.2) is 24.3 Å². The molecule has 2 saturated heterocycles. The van der Waals surface area contributed by atoms with E-state index in [1.165, 1.54) is 31.4 Å². The number of hydrogen-bond acceptors (Lipinski definition) is 3. The Morgan fingerprint density at radius 2 is 2.22 bits per heavy atom. The van der Waals surface area contributed by atoms with Gasteiger partial charge in [-0.05, 0) is 43.9 Å². The maximum atomic E-state index is 9.16. The number of fused-ring (bicyclic) bond motifs is 1. The third kappa shape index (κ3) is 2.14. The molecule has 1 aromatic rings. The Hall–Kier alpha value is -1.37. The second-order valence-corrected chi connectivity index (χ2v) is 5.27. The van der Waals surface area contributed by atoms with Gasteiger partial charge in [0.15, 0.2) is 0 Å². The average molecular weight is 241 g/mol. The van der Waals surface area contributed by atoms with Gasteiger partial charge in [-0.1, -0.05) is 18.2 Å². The second kappa shape index (κ2) is 5.09. The molecule has 0 amide bonds. The fourth-order valence-electron chi connectivity index (χ4n) is 3.31. The number of nitrogens with one attached hydrogen (secondary N) is 1. The van der Waals surface area contributed by atoms with Gasteiger partial charge in [0.1, 0.15) is 0 Å². The van der Waals surface area contributed by atoms with Crippen molar-refractivity contribution in [3.05, 3.63) is 35.4 Å². The highest BCUT2D eigenvalue weighted by Gasteiger charge is 2.33. The Morgan fingerprint density at radius 1 is 1.33 bits per heavy atom. The summed E-state index contributed by atoms with van der Waals surface area (Å²) in [6, 6.07) is 10.9. The van der Waals surface area contributed by atoms with Crippen LogP contribution in [-0.4, -0.2) is 30.2 Å². The van der Waals surface area contributed by atoms with Crippen molar-refractivity contribution in [3.63, 3.8) is 0 Å². The first-order chi connectivity index (χ1) is 8.88. The monoisotopic (exact) mass is 241 g/mol. The molecule has 1 aromatic carbocycles. The van der Waals surface area contributed by atoms with Gasteiger partial charge in [0.05, 0.1) is 17.8 Å². The van der Waals surface area contributed by atoms with Crippen molar-refractivity contribution in [2.45, 2.75) is 37.9 Å². The van der Waals surface area contributed by atoms with Gasteiger partial charge in [0, 0.05) is 12.6 Å². The zero-order valence-corrected chi connectivity index (χ0v) is 10.6. The van der Waals surface area contributed by atoms with Gasteiger partial charge in [-0.3, -0.25) is 4.90 Å². The van der Waals surface area contributed by atoms with Crippen molar-refractivity contribution in [1.29, 1.82) is 5.26 Å². The van der Waals surface area contributed by atoms with Gasteiger partial charge in [0.2, 0.25) is 0 Å². The van der Waals surface area contributed by atoms with Crippen molar-refractivity contribution in [2.24, 2.45) is 0 Å². The van der Waals surface area contributed by atoms with Crippen LogP contribution in [0.1, 0.15) is 30.4 Å². The minimum Gasteiger partial charge on any atom is -0.302 e. The van der Waals surface area contributed by atoms with Crippen LogP contribution in [-0.2, 0) is 6.42 Å². The number of rotatable bonds is 2. The van der Waals surface area contributed by atoms with Crippen LogP contribution in [0, 0.1) is 11.3 Å². The average Bonchev–Trinajstić information content (AvgIpc) is 2.89. The summed E-state index contributed by atoms with van der Waals surface area (Å²) in [5.74, 6) is 0. The van der Waals surface area contributed by atoms with Crippen molar-refractivity contribution < 1.29 is 0 Å². The molecule has 2 atom stereocenters. The summed E-state index contributed by atoms with van der Waals surface area (Å²) < 4.78 is 0. The molecule has 3 heteroatoms. The molecular weight excluding hydrogens is 222 g/mol. The standard InChI is InChI=1S/C15H19N3/c16-11-13-5-2-1-4-12(13)10-14-7-8-17-15-6-3-9-18(14)15/h1-2,4-5,14-15,17H,3,6-10H2. The Kier molecular flexibility index (Phi) is 3.31. The minimum atomic E-state index is 0.581. The van der Waals surface area contributed by atoms with Crippen LogP contribution < -0.4 is 5.32 Å². The molecule has 2 aliphatic heterocycles. The lowest BCUT2D eigenvalue weighted by molar-refractivity contribution is 0.109. The van der Waals surface area contributed by atoms with E-state index in [1.54, 1.807) is 0 Å². The molecule has 1 N–H and O–H groups in total. The summed E-state index contributed by atoms with van der Waals surface area (Å²) in [7, 11) is 0. The summed E-state index contributed by atoms with van der Waals surface area (Å²) in [5.41, 5.74) is 2.05. The molecule has 94 valence electrons. The lowest BCUT2D eigenvalue weighted by Gasteiger charge is -2.38. The Morgan fingerprint density at radius 3 is 3.11 bits per heavy atom. The predicted octanol–water partition coefficient (Wildman–Crippen LogP) is 1.88. The van der Waals surface area contributed by atoms with E-state index in [9.17, 15) is 0 Å². The maximum Gasteiger partial charge on any atom is 0.0994 e. The van der Waals surface area contributed by atoms with Crippen LogP contribution in [0.3, 0.4) is 0 Å². The molecule has 0 aliphatic carbocycles. The predicted molar refractivity (Wildman–Crippen MR) is 71.0 cm³/mol. The van der Waals surface area contributed by atoms with Crippen LogP contribution >= 0.6 is 0 Å². The van der Waals surface area contributed by atoms with Gasteiger partial charge in [-0.2, -0.15) is 5.26 Å². The van der Waals surface area contributed by atoms with Crippen molar-refractivity contribution >= 4 is 0 Å². The third-order valence-electron chi connectivity index (χ3n) is 4.21. The number of nitrogens with zero attached hydrogens (tertiary/aromatic N) is 2. The lowest BCUT2D eigenvalue weighted by Crippen LogP contribution is -2.53. The molecule has 0 saturated carbocycles. The van der Waals surface area contributed by atoms with Crippen molar-refractivity contribution in [1.82, 2.24) is 10.2 Å². The molecule has 0 bridgehead atoms. The third-order valence-corrected chi connectivity index (χ3v) is 4.21. The molecule has 3 rings (SSSR count). The van der Waals surface area contributed by atoms with Crippen LogP contribution in [0.4, 0.5) is 0 Å². The smallest absolute Gasteiger partial charge is 0.0994 e. The molecule has 3 nitrogen and oxygen atoms in total. The van der Waals surface area contributed by atoms with Crippen molar-refractivity contribution in [3.8, 4) is 6.07 Å². The van der Waals surface area contributed by atoms with Gasteiger partial charge in [0.25, 0.3) is 0 Å². The lowest BCUT2D eigenvalue weighted by atomic mass is 9.96. The highest BCUT2D eigenvalue weighted by molar-refractivity contribution is 5.37. The largest absolute Gasteiger partial charge is 0.302 e. The number of hydrogen-bond donors (Lipinski definition) is 1. The molecule has 2 aliphatic rings. The van der Waals surface area contributed by atoms with Crippen LogP contribution in [0.2, 0.25) is 0 Å². The molecule has 2 heterocycles. The Balaban J connectivity index is 1.77. The van der Waals surface area contributed by atoms with E-state index in [1.807, 2.05) is 18.2 Å². The summed E-state index contributed by atoms with van der Waals surface area (Å²) in [6.45, 7) is 2.32. The highest BCUT2D eigenvalue weighted by Crippen LogP contribution is 2.26. The van der Waals surface area contributed by atoms with Gasteiger partial charge < -0.3 is 5.32 Å². The fourth-order valence-corrected chi connectivity index (χ4v) is 3.31. The first-order valence-corrected chi connectivity index (χ1v) is 6.85. The molecule has 0 aromatic heterocycles. The van der Waals surface area contributed by atoms with E-state index in [0.717, 1.165) is 18.5 Å².